The van der Waals surface area contributed by atoms with Crippen LogP contribution in [0, 0.1) is 17.8 Å². The van der Waals surface area contributed by atoms with Gasteiger partial charge in [-0.1, -0.05) is 17.7 Å². The number of nitrogens with zero attached hydrogens (tertiary/aromatic N) is 4. The van der Waals surface area contributed by atoms with Crippen LogP contribution in [0.3, 0.4) is 0 Å². The Hall–Kier alpha value is -2.65. The van der Waals surface area contributed by atoms with Gasteiger partial charge in [0.15, 0.2) is 0 Å². The maximum absolute atomic E-state index is 12.5. The molecule has 0 radical (unpaired) electrons. The molecule has 4 aliphatic rings. The number of ketones is 1. The highest BCUT2D eigenvalue weighted by atomic mass is 35.5. The Morgan fingerprint density at radius 3 is 2.23 bits per heavy atom. The Morgan fingerprint density at radius 1 is 1.00 bits per heavy atom. The standard InChI is InChI=1S/C25H31ClN4O5/c1-16(31)17-6-8-28(9-7-17)22-10-21(26)3-2-18(22)11-27-12-19-14-29(15-20(19)13-27)25(34)35-30-23(32)4-5-24(30)33/h2-3,10,17,19-20H,4-9,11-15H2,1H3. The number of benzene rings is 1. The number of halogens is 1. The molecule has 0 aromatic heterocycles. The minimum Gasteiger partial charge on any atom is -0.371 e. The average molecular weight is 503 g/mol. The van der Waals surface area contributed by atoms with Crippen LogP contribution in [0.15, 0.2) is 18.2 Å². The smallest absolute Gasteiger partial charge is 0.371 e. The van der Waals surface area contributed by atoms with Crippen LogP contribution >= 0.6 is 11.6 Å². The summed E-state index contributed by atoms with van der Waals surface area (Å²) in [7, 11) is 0. The second-order valence-corrected chi connectivity index (χ2v) is 10.6. The number of Topliss-reactive ketones (excluding diaryl/α,β-unsaturated/α-hetero) is 1. The molecular formula is C25H31ClN4O5. The lowest BCUT2D eigenvalue weighted by atomic mass is 9.92. The van der Waals surface area contributed by atoms with E-state index in [0.717, 1.165) is 51.3 Å². The van der Waals surface area contributed by atoms with Crippen molar-refractivity contribution in [3.8, 4) is 0 Å². The molecular weight excluding hydrogens is 472 g/mol. The van der Waals surface area contributed by atoms with Crippen LogP contribution in [0.4, 0.5) is 10.5 Å². The summed E-state index contributed by atoms with van der Waals surface area (Å²) in [6, 6.07) is 6.05. The van der Waals surface area contributed by atoms with Gasteiger partial charge in [0.25, 0.3) is 11.8 Å². The number of imide groups is 1. The third-order valence-electron chi connectivity index (χ3n) is 7.85. The van der Waals surface area contributed by atoms with Gasteiger partial charge in [-0.05, 0) is 49.3 Å². The molecule has 0 spiro atoms. The van der Waals surface area contributed by atoms with E-state index in [4.69, 9.17) is 16.4 Å². The van der Waals surface area contributed by atoms with Crippen molar-refractivity contribution in [2.75, 3.05) is 44.2 Å². The monoisotopic (exact) mass is 502 g/mol. The number of fused-ring (bicyclic) bond motifs is 1. The maximum Gasteiger partial charge on any atom is 0.434 e. The Kier molecular flexibility index (Phi) is 6.72. The lowest BCUT2D eigenvalue weighted by Crippen LogP contribution is -2.40. The predicted molar refractivity (Wildman–Crippen MR) is 128 cm³/mol. The van der Waals surface area contributed by atoms with Gasteiger partial charge in [-0.3, -0.25) is 19.3 Å². The van der Waals surface area contributed by atoms with Crippen LogP contribution in [-0.4, -0.2) is 77.8 Å². The number of carbonyl (C=O) groups is 4. The highest BCUT2D eigenvalue weighted by Crippen LogP contribution is 2.35. The van der Waals surface area contributed by atoms with Crippen LogP contribution in [0.2, 0.25) is 5.02 Å². The summed E-state index contributed by atoms with van der Waals surface area (Å²) in [5.74, 6) is 0.167. The number of amides is 3. The van der Waals surface area contributed by atoms with Gasteiger partial charge in [0.1, 0.15) is 5.78 Å². The van der Waals surface area contributed by atoms with Crippen molar-refractivity contribution in [3.05, 3.63) is 28.8 Å². The molecule has 35 heavy (non-hydrogen) atoms. The minimum absolute atomic E-state index is 0.0910. The number of carbonyl (C=O) groups excluding carboxylic acids is 4. The Bertz CT molecular complexity index is 1010. The fraction of sp³-hybridized carbons (Fsp3) is 0.600. The van der Waals surface area contributed by atoms with Crippen molar-refractivity contribution in [2.45, 2.75) is 39.2 Å². The average Bonchev–Trinajstić information content (AvgIpc) is 3.49. The number of piperidine rings is 1. The Morgan fingerprint density at radius 2 is 1.63 bits per heavy atom. The van der Waals surface area contributed by atoms with Crippen LogP contribution in [0.5, 0.6) is 0 Å². The second kappa shape index (κ2) is 9.78. The van der Waals surface area contributed by atoms with Crippen LogP contribution in [-0.2, 0) is 25.8 Å². The van der Waals surface area contributed by atoms with E-state index in [1.807, 2.05) is 12.1 Å². The van der Waals surface area contributed by atoms with Gasteiger partial charge in [-0.25, -0.2) is 4.79 Å². The van der Waals surface area contributed by atoms with Crippen LogP contribution < -0.4 is 4.90 Å². The third-order valence-corrected chi connectivity index (χ3v) is 8.08. The Labute approximate surface area is 209 Å². The molecule has 10 heteroatoms. The number of hydroxylamine groups is 2. The van der Waals surface area contributed by atoms with Gasteiger partial charge >= 0.3 is 6.09 Å². The van der Waals surface area contributed by atoms with Crippen molar-refractivity contribution < 1.29 is 24.0 Å². The normalized spacial score (nSPS) is 25.5. The molecule has 1 aromatic rings. The molecule has 5 rings (SSSR count). The number of likely N-dealkylation sites (tertiary alicyclic amines) is 2. The highest BCUT2D eigenvalue weighted by Gasteiger charge is 2.43. The van der Waals surface area contributed by atoms with Crippen molar-refractivity contribution in [3.63, 3.8) is 0 Å². The number of rotatable bonds is 5. The zero-order chi connectivity index (χ0) is 24.7. The van der Waals surface area contributed by atoms with E-state index in [2.05, 4.69) is 15.9 Å². The van der Waals surface area contributed by atoms with Gasteiger partial charge in [-0.15, -0.1) is 5.06 Å². The molecule has 0 N–H and O–H groups in total. The summed E-state index contributed by atoms with van der Waals surface area (Å²) in [5, 5.41) is 1.32. The van der Waals surface area contributed by atoms with Crippen molar-refractivity contribution >= 4 is 41.0 Å². The first-order valence-corrected chi connectivity index (χ1v) is 12.7. The maximum atomic E-state index is 12.5. The molecule has 4 fully saturated rings. The van der Waals surface area contributed by atoms with E-state index in [1.165, 1.54) is 5.56 Å². The van der Waals surface area contributed by atoms with Gasteiger partial charge < -0.3 is 14.6 Å². The highest BCUT2D eigenvalue weighted by molar-refractivity contribution is 6.30. The molecule has 2 unspecified atom stereocenters. The number of hydrogen-bond acceptors (Lipinski definition) is 7. The van der Waals surface area contributed by atoms with Crippen molar-refractivity contribution in [1.82, 2.24) is 14.9 Å². The lowest BCUT2D eigenvalue weighted by molar-refractivity contribution is -0.173. The summed E-state index contributed by atoms with van der Waals surface area (Å²) < 4.78 is 0. The fourth-order valence-electron chi connectivity index (χ4n) is 5.90. The summed E-state index contributed by atoms with van der Waals surface area (Å²) in [6.45, 7) is 7.03. The van der Waals surface area contributed by atoms with E-state index < -0.39 is 17.9 Å². The Balaban J connectivity index is 1.17. The fourth-order valence-corrected chi connectivity index (χ4v) is 6.06. The summed E-state index contributed by atoms with van der Waals surface area (Å²) >= 11 is 6.35. The van der Waals surface area contributed by atoms with E-state index in [-0.39, 0.29) is 24.5 Å². The summed E-state index contributed by atoms with van der Waals surface area (Å²) in [5.41, 5.74) is 2.36. The zero-order valence-electron chi connectivity index (χ0n) is 20.0. The first kappa shape index (κ1) is 24.1. The van der Waals surface area contributed by atoms with Crippen molar-refractivity contribution in [2.24, 2.45) is 17.8 Å². The minimum atomic E-state index is -0.622. The largest absolute Gasteiger partial charge is 0.434 e. The van der Waals surface area contributed by atoms with E-state index in [9.17, 15) is 19.2 Å². The van der Waals surface area contributed by atoms with E-state index in [1.54, 1.807) is 11.8 Å². The molecule has 3 amide bonds. The third kappa shape index (κ3) is 5.02. The molecule has 4 saturated heterocycles. The van der Waals surface area contributed by atoms with Crippen LogP contribution in [0.25, 0.3) is 0 Å². The van der Waals surface area contributed by atoms with Gasteiger partial charge in [0, 0.05) is 75.3 Å². The summed E-state index contributed by atoms with van der Waals surface area (Å²) in [6.07, 6.45) is 1.30. The molecule has 9 nitrogen and oxygen atoms in total. The number of hydrogen-bond donors (Lipinski definition) is 0. The molecule has 4 aliphatic heterocycles. The zero-order valence-corrected chi connectivity index (χ0v) is 20.7. The molecule has 188 valence electrons. The SMILES string of the molecule is CC(=O)C1CCN(c2cc(Cl)ccc2CN2CC3CN(C(=O)ON4C(=O)CCC4=O)CC3C2)CC1. The van der Waals surface area contributed by atoms with Gasteiger partial charge in [0.2, 0.25) is 0 Å². The molecule has 2 atom stereocenters. The van der Waals surface area contributed by atoms with E-state index >= 15 is 0 Å². The molecule has 0 aliphatic carbocycles. The van der Waals surface area contributed by atoms with E-state index in [0.29, 0.717) is 35.0 Å². The predicted octanol–water partition coefficient (Wildman–Crippen LogP) is 2.71. The molecule has 4 heterocycles. The second-order valence-electron chi connectivity index (χ2n) is 10.2. The van der Waals surface area contributed by atoms with Crippen LogP contribution in [0.1, 0.15) is 38.2 Å². The van der Waals surface area contributed by atoms with Gasteiger partial charge in [-0.2, -0.15) is 0 Å². The quantitative estimate of drug-likeness (QED) is 0.572. The first-order valence-electron chi connectivity index (χ1n) is 12.4. The molecule has 0 saturated carbocycles. The van der Waals surface area contributed by atoms with Gasteiger partial charge in [0.05, 0.1) is 0 Å². The molecule has 1 aromatic carbocycles. The number of anilines is 1. The molecule has 0 bridgehead atoms. The van der Waals surface area contributed by atoms with Crippen molar-refractivity contribution in [1.29, 1.82) is 0 Å². The summed E-state index contributed by atoms with van der Waals surface area (Å²) in [4.78, 5) is 59.2. The first-order chi connectivity index (χ1) is 16.8. The topological polar surface area (TPSA) is 90.5 Å². The lowest BCUT2D eigenvalue weighted by Gasteiger charge is -2.34.